The van der Waals surface area contributed by atoms with Crippen molar-refractivity contribution in [2.45, 2.75) is 30.6 Å². The van der Waals surface area contributed by atoms with Crippen LogP contribution in [-0.4, -0.2) is 31.7 Å². The van der Waals surface area contributed by atoms with Gasteiger partial charge in [0.25, 0.3) is 0 Å². The van der Waals surface area contributed by atoms with Gasteiger partial charge >= 0.3 is 0 Å². The van der Waals surface area contributed by atoms with Crippen LogP contribution >= 0.6 is 11.6 Å². The van der Waals surface area contributed by atoms with Crippen molar-refractivity contribution in [3.05, 3.63) is 65.2 Å². The molecule has 1 amide bonds. The third kappa shape index (κ3) is 5.44. The van der Waals surface area contributed by atoms with E-state index in [1.54, 1.807) is 46.8 Å². The highest BCUT2D eigenvalue weighted by Gasteiger charge is 2.24. The van der Waals surface area contributed by atoms with Gasteiger partial charge in [-0.05, 0) is 60.9 Å². The largest absolute Gasteiger partial charge is 0.323 e. The standard InChI is InChI=1S/C21H23ClN2O3S/c22-18-8-5-17(6-9-18)7-14-21(25)23-19-10-12-20(13-11-19)28(26,27)24-15-3-1-2-4-16-24/h5-14H,1-4,15-16H2,(H,23,25)/b14-7+. The molecule has 0 radical (unpaired) electrons. The molecule has 0 bridgehead atoms. The minimum Gasteiger partial charge on any atom is -0.323 e. The van der Waals surface area contributed by atoms with Crippen LogP contribution in [0, 0.1) is 0 Å². The maximum atomic E-state index is 12.8. The predicted molar refractivity (Wildman–Crippen MR) is 113 cm³/mol. The lowest BCUT2D eigenvalue weighted by molar-refractivity contribution is -0.111. The lowest BCUT2D eigenvalue weighted by Crippen LogP contribution is -2.31. The average Bonchev–Trinajstić information content (AvgIpc) is 2.98. The molecule has 1 aliphatic heterocycles. The van der Waals surface area contributed by atoms with Crippen molar-refractivity contribution in [3.63, 3.8) is 0 Å². The molecule has 7 heteroatoms. The number of amides is 1. The summed E-state index contributed by atoms with van der Waals surface area (Å²) >= 11 is 5.83. The van der Waals surface area contributed by atoms with E-state index in [9.17, 15) is 13.2 Å². The number of hydrogen-bond donors (Lipinski definition) is 1. The highest BCUT2D eigenvalue weighted by molar-refractivity contribution is 7.89. The zero-order valence-corrected chi connectivity index (χ0v) is 17.0. The minimum atomic E-state index is -3.48. The van der Waals surface area contributed by atoms with Crippen LogP contribution in [0.1, 0.15) is 31.2 Å². The molecule has 1 saturated heterocycles. The number of sulfonamides is 1. The molecular weight excluding hydrogens is 396 g/mol. The van der Waals surface area contributed by atoms with E-state index in [1.807, 2.05) is 12.1 Å². The Balaban J connectivity index is 1.63. The van der Waals surface area contributed by atoms with Gasteiger partial charge in [0.15, 0.2) is 0 Å². The molecule has 2 aromatic rings. The van der Waals surface area contributed by atoms with Gasteiger partial charge in [-0.25, -0.2) is 8.42 Å². The molecule has 0 saturated carbocycles. The van der Waals surface area contributed by atoms with E-state index in [4.69, 9.17) is 11.6 Å². The maximum Gasteiger partial charge on any atom is 0.248 e. The number of hydrogen-bond acceptors (Lipinski definition) is 3. The summed E-state index contributed by atoms with van der Waals surface area (Å²) in [5.41, 5.74) is 1.40. The number of anilines is 1. The first-order chi connectivity index (χ1) is 13.4. The molecule has 148 valence electrons. The molecule has 1 fully saturated rings. The SMILES string of the molecule is O=C(/C=C/c1ccc(Cl)cc1)Nc1ccc(S(=O)(=O)N2CCCCCC2)cc1. The molecule has 2 aromatic carbocycles. The molecule has 5 nitrogen and oxygen atoms in total. The highest BCUT2D eigenvalue weighted by atomic mass is 35.5. The van der Waals surface area contributed by atoms with Crippen LogP contribution in [0.25, 0.3) is 6.08 Å². The van der Waals surface area contributed by atoms with Crippen molar-refractivity contribution in [3.8, 4) is 0 Å². The summed E-state index contributed by atoms with van der Waals surface area (Å²) in [5.74, 6) is -0.293. The quantitative estimate of drug-likeness (QED) is 0.724. The van der Waals surface area contributed by atoms with Gasteiger partial charge in [0.2, 0.25) is 15.9 Å². The van der Waals surface area contributed by atoms with Crippen molar-refractivity contribution in [1.82, 2.24) is 4.31 Å². The fourth-order valence-electron chi connectivity index (χ4n) is 3.07. The van der Waals surface area contributed by atoms with Crippen molar-refractivity contribution in [2.75, 3.05) is 18.4 Å². The van der Waals surface area contributed by atoms with Gasteiger partial charge in [-0.1, -0.05) is 36.6 Å². The summed E-state index contributed by atoms with van der Waals surface area (Å²) in [5, 5.41) is 3.37. The highest BCUT2D eigenvalue weighted by Crippen LogP contribution is 2.22. The van der Waals surface area contributed by atoms with Crippen molar-refractivity contribution in [2.24, 2.45) is 0 Å². The minimum absolute atomic E-state index is 0.254. The van der Waals surface area contributed by atoms with Gasteiger partial charge in [0.1, 0.15) is 0 Å². The summed E-state index contributed by atoms with van der Waals surface area (Å²) < 4.78 is 27.1. The van der Waals surface area contributed by atoms with Crippen molar-refractivity contribution in [1.29, 1.82) is 0 Å². The Morgan fingerprint density at radius 3 is 2.14 bits per heavy atom. The van der Waals surface area contributed by atoms with E-state index in [0.29, 0.717) is 23.8 Å². The van der Waals surface area contributed by atoms with Gasteiger partial charge in [-0.15, -0.1) is 0 Å². The molecule has 0 spiro atoms. The first kappa shape index (κ1) is 20.6. The number of carbonyl (C=O) groups excluding carboxylic acids is 1. The van der Waals surface area contributed by atoms with Crippen molar-refractivity contribution < 1.29 is 13.2 Å². The normalized spacial score (nSPS) is 16.0. The monoisotopic (exact) mass is 418 g/mol. The summed E-state index contributed by atoms with van der Waals surface area (Å²) in [6.45, 7) is 1.13. The second-order valence-corrected chi connectivity index (χ2v) is 9.09. The fraction of sp³-hybridized carbons (Fsp3) is 0.286. The van der Waals surface area contributed by atoms with Gasteiger partial charge in [-0.3, -0.25) is 4.79 Å². The number of carbonyl (C=O) groups is 1. The summed E-state index contributed by atoms with van der Waals surface area (Å²) in [4.78, 5) is 12.3. The molecule has 28 heavy (non-hydrogen) atoms. The van der Waals surface area contributed by atoms with Gasteiger partial charge in [-0.2, -0.15) is 4.31 Å². The van der Waals surface area contributed by atoms with Gasteiger partial charge < -0.3 is 5.32 Å². The summed E-state index contributed by atoms with van der Waals surface area (Å²) in [6, 6.07) is 13.4. The lowest BCUT2D eigenvalue weighted by Gasteiger charge is -2.20. The first-order valence-electron chi connectivity index (χ1n) is 9.30. The average molecular weight is 419 g/mol. The van der Waals surface area contributed by atoms with E-state index in [-0.39, 0.29) is 10.8 Å². The number of benzene rings is 2. The third-order valence-corrected chi connectivity index (χ3v) is 6.79. The number of nitrogens with zero attached hydrogens (tertiary/aromatic N) is 1. The van der Waals surface area contributed by atoms with Crippen LogP contribution < -0.4 is 5.32 Å². The van der Waals surface area contributed by atoms with E-state index in [0.717, 1.165) is 31.2 Å². The zero-order valence-electron chi connectivity index (χ0n) is 15.5. The van der Waals surface area contributed by atoms with E-state index < -0.39 is 10.0 Å². The van der Waals surface area contributed by atoms with E-state index in [2.05, 4.69) is 5.32 Å². The smallest absolute Gasteiger partial charge is 0.248 e. The van der Waals surface area contributed by atoms with E-state index in [1.165, 1.54) is 6.08 Å². The van der Waals surface area contributed by atoms with Crippen LogP contribution in [0.4, 0.5) is 5.69 Å². The number of rotatable bonds is 5. The Bertz CT molecular complexity index is 931. The zero-order chi connectivity index (χ0) is 20.0. The Kier molecular flexibility index (Phi) is 6.88. The van der Waals surface area contributed by atoms with Crippen LogP contribution in [0.15, 0.2) is 59.5 Å². The van der Waals surface area contributed by atoms with Gasteiger partial charge in [0, 0.05) is 29.9 Å². The molecule has 3 rings (SSSR count). The van der Waals surface area contributed by atoms with Crippen LogP contribution in [0.3, 0.4) is 0 Å². The van der Waals surface area contributed by atoms with Crippen LogP contribution in [0.2, 0.25) is 5.02 Å². The predicted octanol–water partition coefficient (Wildman–Crippen LogP) is 4.56. The second kappa shape index (κ2) is 9.37. The second-order valence-electron chi connectivity index (χ2n) is 6.72. The summed E-state index contributed by atoms with van der Waals surface area (Å²) in [7, 11) is -3.48. The maximum absolute atomic E-state index is 12.8. The molecule has 0 atom stereocenters. The van der Waals surface area contributed by atoms with Crippen LogP contribution in [0.5, 0.6) is 0 Å². The topological polar surface area (TPSA) is 66.5 Å². The molecule has 1 N–H and O–H groups in total. The molecule has 1 aliphatic rings. The summed E-state index contributed by atoms with van der Waals surface area (Å²) in [6.07, 6.45) is 7.04. The van der Waals surface area contributed by atoms with Gasteiger partial charge in [0.05, 0.1) is 4.90 Å². The molecule has 0 aromatic heterocycles. The Morgan fingerprint density at radius 1 is 0.929 bits per heavy atom. The molecule has 0 aliphatic carbocycles. The molecule has 1 heterocycles. The fourth-order valence-corrected chi connectivity index (χ4v) is 4.71. The number of nitrogens with one attached hydrogen (secondary N) is 1. The third-order valence-electron chi connectivity index (χ3n) is 4.62. The lowest BCUT2D eigenvalue weighted by atomic mass is 10.2. The Hall–Kier alpha value is -2.15. The Morgan fingerprint density at radius 2 is 1.54 bits per heavy atom. The van der Waals surface area contributed by atoms with Crippen LogP contribution in [-0.2, 0) is 14.8 Å². The first-order valence-corrected chi connectivity index (χ1v) is 11.1. The molecule has 0 unspecified atom stereocenters. The Labute approximate surface area is 171 Å². The molecular formula is C21H23ClN2O3S. The van der Waals surface area contributed by atoms with E-state index >= 15 is 0 Å². The number of halogens is 1. The van der Waals surface area contributed by atoms with Crippen molar-refractivity contribution >= 4 is 39.3 Å².